The van der Waals surface area contributed by atoms with E-state index in [1.54, 1.807) is 0 Å². The van der Waals surface area contributed by atoms with Crippen molar-refractivity contribution in [2.24, 2.45) is 5.92 Å². The van der Waals surface area contributed by atoms with Crippen LogP contribution in [0.15, 0.2) is 42.5 Å². The predicted molar refractivity (Wildman–Crippen MR) is 115 cm³/mol. The van der Waals surface area contributed by atoms with E-state index in [4.69, 9.17) is 4.74 Å². The number of carbonyl (C=O) groups excluding carboxylic acids is 1. The number of hydrogen-bond acceptors (Lipinski definition) is 3. The molecule has 4 heteroatoms. The summed E-state index contributed by atoms with van der Waals surface area (Å²) in [6.45, 7) is 10.7. The molecule has 28 heavy (non-hydrogen) atoms. The molecule has 0 bridgehead atoms. The number of nitrogens with zero attached hydrogens (tertiary/aromatic N) is 1. The zero-order valence-electron chi connectivity index (χ0n) is 17.5. The molecule has 1 heterocycles. The molecule has 2 unspecified atom stereocenters. The molecular weight excluding hydrogens is 348 g/mol. The number of hydrogen-bond donors (Lipinski definition) is 1. The highest BCUT2D eigenvalue weighted by Gasteiger charge is 2.17. The van der Waals surface area contributed by atoms with E-state index in [9.17, 15) is 4.79 Å². The van der Waals surface area contributed by atoms with Gasteiger partial charge >= 0.3 is 0 Å². The van der Waals surface area contributed by atoms with Gasteiger partial charge in [-0.25, -0.2) is 0 Å². The van der Waals surface area contributed by atoms with Crippen LogP contribution in [0.25, 0.3) is 0 Å². The second-order valence-corrected chi connectivity index (χ2v) is 8.19. The first-order valence-corrected chi connectivity index (χ1v) is 10.3. The third kappa shape index (κ3) is 5.51. The van der Waals surface area contributed by atoms with Crippen LogP contribution in [-0.2, 0) is 4.79 Å². The summed E-state index contributed by atoms with van der Waals surface area (Å²) in [7, 11) is 0. The standard InChI is InChI=1S/C24H32N2O2/c1-17-6-5-11-26(15-17)22-9-7-21(8-10-22)20(4)25-24(27)16-28-23-13-18(2)12-19(3)14-23/h7-10,12-14,17,20H,5-6,11,15-16H2,1-4H3,(H,25,27). The molecule has 150 valence electrons. The van der Waals surface area contributed by atoms with Gasteiger partial charge < -0.3 is 15.0 Å². The number of carbonyl (C=O) groups is 1. The molecule has 1 saturated heterocycles. The normalized spacial score (nSPS) is 17.9. The monoisotopic (exact) mass is 380 g/mol. The molecule has 1 fully saturated rings. The Morgan fingerprint density at radius 1 is 1.18 bits per heavy atom. The topological polar surface area (TPSA) is 41.6 Å². The molecule has 0 radical (unpaired) electrons. The molecule has 0 saturated carbocycles. The molecule has 1 aliphatic rings. The van der Waals surface area contributed by atoms with Crippen LogP contribution in [-0.4, -0.2) is 25.6 Å². The van der Waals surface area contributed by atoms with E-state index in [1.165, 1.54) is 18.5 Å². The van der Waals surface area contributed by atoms with Gasteiger partial charge in [0.2, 0.25) is 0 Å². The van der Waals surface area contributed by atoms with E-state index < -0.39 is 0 Å². The molecule has 3 rings (SSSR count). The lowest BCUT2D eigenvalue weighted by molar-refractivity contribution is -0.123. The fourth-order valence-electron chi connectivity index (χ4n) is 3.93. The van der Waals surface area contributed by atoms with Crippen molar-refractivity contribution in [3.8, 4) is 5.75 Å². The number of ether oxygens (including phenoxy) is 1. The Morgan fingerprint density at radius 3 is 2.50 bits per heavy atom. The molecule has 0 spiro atoms. The minimum atomic E-state index is -0.111. The van der Waals surface area contributed by atoms with Crippen LogP contribution in [0.3, 0.4) is 0 Å². The quantitative estimate of drug-likeness (QED) is 0.783. The Bertz CT molecular complexity index is 781. The van der Waals surface area contributed by atoms with E-state index in [-0.39, 0.29) is 18.6 Å². The molecule has 2 aromatic carbocycles. The third-order valence-corrected chi connectivity index (χ3v) is 5.36. The number of nitrogens with one attached hydrogen (secondary N) is 1. The van der Waals surface area contributed by atoms with Gasteiger partial charge in [-0.1, -0.05) is 25.1 Å². The summed E-state index contributed by atoms with van der Waals surface area (Å²) in [6.07, 6.45) is 2.58. The van der Waals surface area contributed by atoms with Crippen molar-refractivity contribution in [1.29, 1.82) is 0 Å². The molecule has 0 aromatic heterocycles. The van der Waals surface area contributed by atoms with Crippen molar-refractivity contribution in [1.82, 2.24) is 5.32 Å². The zero-order valence-corrected chi connectivity index (χ0v) is 17.5. The second-order valence-electron chi connectivity index (χ2n) is 8.19. The van der Waals surface area contributed by atoms with E-state index in [0.717, 1.165) is 41.4 Å². The van der Waals surface area contributed by atoms with Gasteiger partial charge in [0.05, 0.1) is 6.04 Å². The van der Waals surface area contributed by atoms with E-state index in [0.29, 0.717) is 0 Å². The number of amides is 1. The van der Waals surface area contributed by atoms with Gasteiger partial charge in [0.1, 0.15) is 5.75 Å². The molecule has 0 aliphatic carbocycles. The minimum Gasteiger partial charge on any atom is -0.484 e. The highest BCUT2D eigenvalue weighted by Crippen LogP contribution is 2.24. The third-order valence-electron chi connectivity index (χ3n) is 5.36. The molecule has 1 N–H and O–H groups in total. The summed E-state index contributed by atoms with van der Waals surface area (Å²) in [4.78, 5) is 14.7. The summed E-state index contributed by atoms with van der Waals surface area (Å²) in [5.74, 6) is 1.38. The number of anilines is 1. The summed E-state index contributed by atoms with van der Waals surface area (Å²) in [6, 6.07) is 14.5. The fourth-order valence-corrected chi connectivity index (χ4v) is 3.93. The first-order valence-electron chi connectivity index (χ1n) is 10.3. The summed E-state index contributed by atoms with van der Waals surface area (Å²) >= 11 is 0. The number of piperidine rings is 1. The van der Waals surface area contributed by atoms with Crippen LogP contribution in [0.4, 0.5) is 5.69 Å². The van der Waals surface area contributed by atoms with Gasteiger partial charge in [0, 0.05) is 18.8 Å². The first kappa shape index (κ1) is 20.2. The molecule has 2 aromatic rings. The number of benzene rings is 2. The van der Waals surface area contributed by atoms with Gasteiger partial charge in [-0.2, -0.15) is 0 Å². The Labute approximate surface area is 168 Å². The molecule has 4 nitrogen and oxygen atoms in total. The molecule has 2 atom stereocenters. The van der Waals surface area contributed by atoms with Crippen LogP contribution in [0, 0.1) is 19.8 Å². The Kier molecular flexibility index (Phi) is 6.61. The number of aryl methyl sites for hydroxylation is 2. The summed E-state index contributed by atoms with van der Waals surface area (Å²) in [5, 5.41) is 3.02. The number of rotatable bonds is 6. The second kappa shape index (κ2) is 9.13. The highest BCUT2D eigenvalue weighted by molar-refractivity contribution is 5.78. The summed E-state index contributed by atoms with van der Waals surface area (Å²) < 4.78 is 5.66. The van der Waals surface area contributed by atoms with Crippen LogP contribution in [0.1, 0.15) is 49.4 Å². The van der Waals surface area contributed by atoms with Crippen LogP contribution in [0.5, 0.6) is 5.75 Å². The van der Waals surface area contributed by atoms with Crippen molar-refractivity contribution < 1.29 is 9.53 Å². The van der Waals surface area contributed by atoms with Gasteiger partial charge in [-0.05, 0) is 80.5 Å². The van der Waals surface area contributed by atoms with Crippen LogP contribution >= 0.6 is 0 Å². The first-order chi connectivity index (χ1) is 13.4. The smallest absolute Gasteiger partial charge is 0.258 e. The average Bonchev–Trinajstić information content (AvgIpc) is 2.66. The average molecular weight is 381 g/mol. The Balaban J connectivity index is 1.52. The predicted octanol–water partition coefficient (Wildman–Crippen LogP) is 4.80. The fraction of sp³-hybridized carbons (Fsp3) is 0.458. The van der Waals surface area contributed by atoms with E-state index in [1.807, 2.05) is 32.9 Å². The maximum atomic E-state index is 12.3. The van der Waals surface area contributed by atoms with Crippen molar-refractivity contribution in [3.05, 3.63) is 59.2 Å². The highest BCUT2D eigenvalue weighted by atomic mass is 16.5. The van der Waals surface area contributed by atoms with Crippen LogP contribution < -0.4 is 15.0 Å². The van der Waals surface area contributed by atoms with Gasteiger partial charge in [0.15, 0.2) is 6.61 Å². The van der Waals surface area contributed by atoms with E-state index in [2.05, 4.69) is 47.5 Å². The largest absolute Gasteiger partial charge is 0.484 e. The maximum Gasteiger partial charge on any atom is 0.258 e. The maximum absolute atomic E-state index is 12.3. The summed E-state index contributed by atoms with van der Waals surface area (Å²) in [5.41, 5.74) is 4.64. The van der Waals surface area contributed by atoms with Gasteiger partial charge in [-0.3, -0.25) is 4.79 Å². The molecule has 1 aliphatic heterocycles. The SMILES string of the molecule is Cc1cc(C)cc(OCC(=O)NC(C)c2ccc(N3CCCC(C)C3)cc2)c1. The molecule has 1 amide bonds. The zero-order chi connectivity index (χ0) is 20.1. The lowest BCUT2D eigenvalue weighted by atomic mass is 9.99. The lowest BCUT2D eigenvalue weighted by Gasteiger charge is -2.33. The van der Waals surface area contributed by atoms with Gasteiger partial charge in [-0.15, -0.1) is 0 Å². The van der Waals surface area contributed by atoms with E-state index >= 15 is 0 Å². The Morgan fingerprint density at radius 2 is 1.86 bits per heavy atom. The van der Waals surface area contributed by atoms with Crippen LogP contribution in [0.2, 0.25) is 0 Å². The van der Waals surface area contributed by atoms with Crippen molar-refractivity contribution >= 4 is 11.6 Å². The van der Waals surface area contributed by atoms with Crippen molar-refractivity contribution in [3.63, 3.8) is 0 Å². The van der Waals surface area contributed by atoms with Crippen molar-refractivity contribution in [2.75, 3.05) is 24.6 Å². The lowest BCUT2D eigenvalue weighted by Crippen LogP contribution is -2.34. The Hall–Kier alpha value is -2.49. The molecular formula is C24H32N2O2. The van der Waals surface area contributed by atoms with Crippen molar-refractivity contribution in [2.45, 2.75) is 46.6 Å². The van der Waals surface area contributed by atoms with Gasteiger partial charge in [0.25, 0.3) is 5.91 Å². The minimum absolute atomic E-state index is 0.0248.